The molecule has 0 radical (unpaired) electrons. The number of rotatable bonds is 5. The van der Waals surface area contributed by atoms with E-state index in [0.717, 1.165) is 24.2 Å². The third-order valence-electron chi connectivity index (χ3n) is 5.78. The van der Waals surface area contributed by atoms with Gasteiger partial charge in [-0.2, -0.15) is 10.2 Å². The normalized spacial score (nSPS) is 19.3. The van der Waals surface area contributed by atoms with Crippen LogP contribution in [0.25, 0.3) is 0 Å². The van der Waals surface area contributed by atoms with Crippen LogP contribution >= 0.6 is 0 Å². The summed E-state index contributed by atoms with van der Waals surface area (Å²) in [5.41, 5.74) is 1.80. The summed E-state index contributed by atoms with van der Waals surface area (Å²) in [5, 5.41) is 17.1. The molecule has 0 aromatic carbocycles. The summed E-state index contributed by atoms with van der Waals surface area (Å²) in [7, 11) is 1.57. The van der Waals surface area contributed by atoms with Crippen molar-refractivity contribution in [2.75, 3.05) is 36.9 Å². The molecule has 4 rings (SSSR count). The number of fused-ring (bicyclic) bond motifs is 2. The summed E-state index contributed by atoms with van der Waals surface area (Å²) >= 11 is 0. The number of nitrogens with one attached hydrogen (secondary N) is 3. The van der Waals surface area contributed by atoms with Gasteiger partial charge in [-0.3, -0.25) is 4.79 Å². The molecule has 3 N–H and O–H groups in total. The number of piperazine rings is 1. The first kappa shape index (κ1) is 21.3. The third kappa shape index (κ3) is 4.25. The number of amides is 3. The fourth-order valence-electron chi connectivity index (χ4n) is 4.34. The van der Waals surface area contributed by atoms with Crippen LogP contribution in [-0.2, 0) is 0 Å². The lowest BCUT2D eigenvalue weighted by molar-refractivity contribution is 0.0957. The van der Waals surface area contributed by atoms with Gasteiger partial charge in [0.1, 0.15) is 18.1 Å². The number of carbonyl (C=O) groups excluding carboxylic acids is 2. The molecule has 2 fully saturated rings. The molecule has 2 atom stereocenters. The number of anilines is 3. The summed E-state index contributed by atoms with van der Waals surface area (Å²) in [5.74, 6) is 0.975. The van der Waals surface area contributed by atoms with Crippen LogP contribution in [0, 0.1) is 18.3 Å². The van der Waals surface area contributed by atoms with Crippen LogP contribution in [0.3, 0.4) is 0 Å². The van der Waals surface area contributed by atoms with Crippen molar-refractivity contribution < 1.29 is 9.59 Å². The Morgan fingerprint density at radius 3 is 2.66 bits per heavy atom. The molecule has 166 valence electrons. The van der Waals surface area contributed by atoms with E-state index in [1.807, 2.05) is 30.0 Å². The second-order valence-corrected chi connectivity index (χ2v) is 7.85. The Kier molecular flexibility index (Phi) is 6.02. The molecule has 11 nitrogen and oxygen atoms in total. The zero-order valence-corrected chi connectivity index (χ0v) is 18.0. The molecule has 2 aliphatic heterocycles. The monoisotopic (exact) mass is 435 g/mol. The standard InChI is InChI=1S/C21H25N9O2/c1-13-9-14(10-26-18(13)19(31)23-2)27-20-24-7-5-17(28-20)29-11-15-3-4-16(12-29)30(15)21(32)25-8-6-22/h5,7,9-10,15-16H,3-4,8,11-12H2,1-2H3,(H,23,31)(H,25,32)(H,24,27,28). The van der Waals surface area contributed by atoms with E-state index in [0.29, 0.717) is 30.4 Å². The van der Waals surface area contributed by atoms with Gasteiger partial charge in [0.05, 0.1) is 30.0 Å². The summed E-state index contributed by atoms with van der Waals surface area (Å²) in [6.07, 6.45) is 5.13. The summed E-state index contributed by atoms with van der Waals surface area (Å²) in [4.78, 5) is 41.5. The third-order valence-corrected chi connectivity index (χ3v) is 5.78. The van der Waals surface area contributed by atoms with E-state index in [1.165, 1.54) is 0 Å². The van der Waals surface area contributed by atoms with Crippen LogP contribution in [0.1, 0.15) is 28.9 Å². The minimum atomic E-state index is -0.234. The van der Waals surface area contributed by atoms with Crippen LogP contribution in [0.2, 0.25) is 0 Å². The molecule has 2 aliphatic rings. The maximum atomic E-state index is 12.4. The smallest absolute Gasteiger partial charge is 0.318 e. The molecule has 4 heterocycles. The second kappa shape index (κ2) is 9.05. The largest absolute Gasteiger partial charge is 0.354 e. The first-order valence-corrected chi connectivity index (χ1v) is 10.5. The predicted molar refractivity (Wildman–Crippen MR) is 118 cm³/mol. The fourth-order valence-corrected chi connectivity index (χ4v) is 4.34. The minimum absolute atomic E-state index is 0.0118. The molecule has 2 bridgehead atoms. The minimum Gasteiger partial charge on any atom is -0.354 e. The molecular formula is C21H25N9O2. The van der Waals surface area contributed by atoms with Gasteiger partial charge in [-0.15, -0.1) is 0 Å². The Morgan fingerprint density at radius 1 is 1.25 bits per heavy atom. The predicted octanol–water partition coefficient (Wildman–Crippen LogP) is 1.17. The Balaban J connectivity index is 1.45. The van der Waals surface area contributed by atoms with Crippen molar-refractivity contribution in [2.24, 2.45) is 0 Å². The van der Waals surface area contributed by atoms with E-state index >= 15 is 0 Å². The van der Waals surface area contributed by atoms with Crippen molar-refractivity contribution in [3.8, 4) is 6.07 Å². The zero-order valence-electron chi connectivity index (χ0n) is 18.0. The van der Waals surface area contributed by atoms with Gasteiger partial charge in [0.2, 0.25) is 5.95 Å². The lowest BCUT2D eigenvalue weighted by Crippen LogP contribution is -2.58. The number of aryl methyl sites for hydroxylation is 1. The van der Waals surface area contributed by atoms with Gasteiger partial charge in [0.15, 0.2) is 0 Å². The maximum absolute atomic E-state index is 12.4. The Morgan fingerprint density at radius 2 is 2.00 bits per heavy atom. The average molecular weight is 435 g/mol. The fraction of sp³-hybridized carbons (Fsp3) is 0.429. The van der Waals surface area contributed by atoms with Crippen molar-refractivity contribution in [3.05, 3.63) is 35.8 Å². The lowest BCUT2D eigenvalue weighted by atomic mass is 10.2. The van der Waals surface area contributed by atoms with Crippen molar-refractivity contribution in [1.29, 1.82) is 5.26 Å². The number of hydrogen-bond donors (Lipinski definition) is 3. The lowest BCUT2D eigenvalue weighted by Gasteiger charge is -2.41. The summed E-state index contributed by atoms with van der Waals surface area (Å²) in [6.45, 7) is 3.18. The first-order valence-electron chi connectivity index (χ1n) is 10.5. The molecule has 32 heavy (non-hydrogen) atoms. The number of hydrogen-bond acceptors (Lipinski definition) is 8. The molecule has 2 aromatic rings. The molecule has 0 spiro atoms. The number of carbonyl (C=O) groups is 2. The highest BCUT2D eigenvalue weighted by atomic mass is 16.2. The van der Waals surface area contributed by atoms with E-state index in [9.17, 15) is 9.59 Å². The van der Waals surface area contributed by atoms with E-state index in [2.05, 4.69) is 35.8 Å². The summed E-state index contributed by atoms with van der Waals surface area (Å²) < 4.78 is 0. The van der Waals surface area contributed by atoms with Gasteiger partial charge in [-0.25, -0.2) is 14.8 Å². The number of aromatic nitrogens is 3. The SMILES string of the molecule is CNC(=O)c1ncc(Nc2nccc(N3CC4CCC(C3)N4C(=O)NCC#N)n2)cc1C. The molecular weight excluding hydrogens is 410 g/mol. The average Bonchev–Trinajstić information content (AvgIpc) is 3.06. The zero-order chi connectivity index (χ0) is 22.7. The van der Waals surface area contributed by atoms with Crippen LogP contribution in [-0.4, -0.2) is 70.6 Å². The van der Waals surface area contributed by atoms with Gasteiger partial charge < -0.3 is 25.8 Å². The topological polar surface area (TPSA) is 139 Å². The Labute approximate surface area is 185 Å². The highest BCUT2D eigenvalue weighted by molar-refractivity contribution is 5.93. The van der Waals surface area contributed by atoms with Gasteiger partial charge in [0.25, 0.3) is 5.91 Å². The number of nitriles is 1. The highest BCUT2D eigenvalue weighted by Crippen LogP contribution is 2.32. The van der Waals surface area contributed by atoms with Gasteiger partial charge in [-0.05, 0) is 37.5 Å². The van der Waals surface area contributed by atoms with Crippen molar-refractivity contribution >= 4 is 29.4 Å². The number of nitrogens with zero attached hydrogens (tertiary/aromatic N) is 6. The van der Waals surface area contributed by atoms with Crippen LogP contribution < -0.4 is 20.9 Å². The first-order chi connectivity index (χ1) is 15.5. The molecule has 11 heteroatoms. The quantitative estimate of drug-likeness (QED) is 0.595. The van der Waals surface area contributed by atoms with Crippen molar-refractivity contribution in [2.45, 2.75) is 31.8 Å². The van der Waals surface area contributed by atoms with E-state index in [1.54, 1.807) is 19.4 Å². The van der Waals surface area contributed by atoms with Crippen LogP contribution in [0.4, 0.5) is 22.2 Å². The number of pyridine rings is 1. The van der Waals surface area contributed by atoms with E-state index in [4.69, 9.17) is 5.26 Å². The number of urea groups is 1. The molecule has 3 amide bonds. The van der Waals surface area contributed by atoms with Crippen LogP contribution in [0.15, 0.2) is 24.5 Å². The maximum Gasteiger partial charge on any atom is 0.318 e. The Bertz CT molecular complexity index is 1050. The molecule has 0 aliphatic carbocycles. The highest BCUT2D eigenvalue weighted by Gasteiger charge is 2.42. The van der Waals surface area contributed by atoms with Crippen molar-refractivity contribution in [1.82, 2.24) is 30.5 Å². The van der Waals surface area contributed by atoms with Crippen molar-refractivity contribution in [3.63, 3.8) is 0 Å². The summed E-state index contributed by atoms with van der Waals surface area (Å²) in [6, 6.07) is 5.63. The van der Waals surface area contributed by atoms with E-state index in [-0.39, 0.29) is 30.6 Å². The van der Waals surface area contributed by atoms with Gasteiger partial charge >= 0.3 is 6.03 Å². The van der Waals surface area contributed by atoms with Gasteiger partial charge in [0, 0.05) is 26.3 Å². The van der Waals surface area contributed by atoms with Crippen LogP contribution in [0.5, 0.6) is 0 Å². The molecule has 2 unspecified atom stereocenters. The Hall–Kier alpha value is -3.94. The second-order valence-electron chi connectivity index (χ2n) is 7.85. The van der Waals surface area contributed by atoms with Gasteiger partial charge in [-0.1, -0.05) is 0 Å². The molecule has 2 saturated heterocycles. The van der Waals surface area contributed by atoms with E-state index < -0.39 is 0 Å². The molecule has 0 saturated carbocycles. The molecule has 2 aromatic heterocycles.